The van der Waals surface area contributed by atoms with Gasteiger partial charge in [0.05, 0.1) is 10.5 Å². The van der Waals surface area contributed by atoms with Crippen molar-refractivity contribution >= 4 is 11.7 Å². The number of amides is 2. The number of carbonyl (C=O) groups is 1. The van der Waals surface area contributed by atoms with Gasteiger partial charge in [0.15, 0.2) is 0 Å². The molecular weight excluding hydrogens is 320 g/mol. The molecule has 1 aromatic carbocycles. The Morgan fingerprint density at radius 3 is 2.56 bits per heavy atom. The second-order valence-electron chi connectivity index (χ2n) is 7.72. The smallest absolute Gasteiger partial charge is 0.315 e. The number of nitro benzene ring substituents is 1. The number of urea groups is 1. The molecule has 7 nitrogen and oxygen atoms in total. The van der Waals surface area contributed by atoms with Crippen LogP contribution in [-0.2, 0) is 5.54 Å². The lowest BCUT2D eigenvalue weighted by Crippen LogP contribution is -2.50. The van der Waals surface area contributed by atoms with E-state index in [1.54, 1.807) is 12.1 Å². The second kappa shape index (κ2) is 7.00. The molecule has 1 aliphatic carbocycles. The number of hydrogen-bond donors (Lipinski definition) is 2. The summed E-state index contributed by atoms with van der Waals surface area (Å²) in [4.78, 5) is 25.1. The van der Waals surface area contributed by atoms with Gasteiger partial charge in [0, 0.05) is 37.8 Å². The minimum Gasteiger partial charge on any atom is -0.334 e. The standard InChI is InChI=1S/C18H26N4O3/c1-18(2,14-5-7-16(8-6-14)22(24)25)20-17(23)19-15-9-10-21(12-15)11-13-3-4-13/h5-8,13,15H,3-4,9-12H2,1-2H3,(H2,19,20,23)/t15-/m1/s1. The molecule has 2 aliphatic rings. The second-order valence-corrected chi connectivity index (χ2v) is 7.72. The minimum absolute atomic E-state index is 0.0470. The maximum absolute atomic E-state index is 12.4. The van der Waals surface area contributed by atoms with Crippen molar-refractivity contribution in [1.29, 1.82) is 0 Å². The summed E-state index contributed by atoms with van der Waals surface area (Å²) in [7, 11) is 0. The van der Waals surface area contributed by atoms with Crippen LogP contribution in [0.3, 0.4) is 0 Å². The number of nitrogens with zero attached hydrogens (tertiary/aromatic N) is 2. The van der Waals surface area contributed by atoms with Crippen LogP contribution in [0.2, 0.25) is 0 Å². The third kappa shape index (κ3) is 4.69. The molecule has 0 bridgehead atoms. The van der Waals surface area contributed by atoms with Crippen molar-refractivity contribution in [3.05, 3.63) is 39.9 Å². The first-order valence-electron chi connectivity index (χ1n) is 8.89. The van der Waals surface area contributed by atoms with Gasteiger partial charge in [-0.3, -0.25) is 10.1 Å². The Labute approximate surface area is 147 Å². The van der Waals surface area contributed by atoms with Crippen LogP contribution in [-0.4, -0.2) is 41.5 Å². The van der Waals surface area contributed by atoms with E-state index < -0.39 is 10.5 Å². The van der Waals surface area contributed by atoms with Gasteiger partial charge in [0.1, 0.15) is 0 Å². The lowest BCUT2D eigenvalue weighted by Gasteiger charge is -2.28. The zero-order chi connectivity index (χ0) is 18.0. The van der Waals surface area contributed by atoms with Crippen LogP contribution < -0.4 is 10.6 Å². The maximum Gasteiger partial charge on any atom is 0.315 e. The SMILES string of the molecule is CC(C)(NC(=O)N[C@@H]1CCN(CC2CC2)C1)c1ccc([N+](=O)[O-])cc1. The van der Waals surface area contributed by atoms with E-state index in [1.165, 1.54) is 25.0 Å². The number of benzene rings is 1. The Morgan fingerprint density at radius 2 is 1.96 bits per heavy atom. The molecule has 0 radical (unpaired) electrons. The normalized spacial score (nSPS) is 21.1. The molecule has 1 atom stereocenters. The third-order valence-electron chi connectivity index (χ3n) is 5.05. The summed E-state index contributed by atoms with van der Waals surface area (Å²) in [5, 5.41) is 16.8. The number of non-ortho nitro benzene ring substituents is 1. The fourth-order valence-corrected chi connectivity index (χ4v) is 3.36. The van der Waals surface area contributed by atoms with Gasteiger partial charge in [-0.15, -0.1) is 0 Å². The summed E-state index contributed by atoms with van der Waals surface area (Å²) in [6, 6.07) is 6.29. The Balaban J connectivity index is 1.51. The molecule has 1 heterocycles. The van der Waals surface area contributed by atoms with Crippen molar-refractivity contribution in [1.82, 2.24) is 15.5 Å². The number of nitrogens with one attached hydrogen (secondary N) is 2. The van der Waals surface area contributed by atoms with Crippen molar-refractivity contribution in [2.45, 2.75) is 44.7 Å². The van der Waals surface area contributed by atoms with Crippen molar-refractivity contribution in [2.75, 3.05) is 19.6 Å². The molecule has 0 unspecified atom stereocenters. The minimum atomic E-state index is -0.606. The Kier molecular flexibility index (Phi) is 4.94. The van der Waals surface area contributed by atoms with Gasteiger partial charge in [0.25, 0.3) is 5.69 Å². The van der Waals surface area contributed by atoms with Gasteiger partial charge in [-0.1, -0.05) is 0 Å². The highest BCUT2D eigenvalue weighted by molar-refractivity contribution is 5.75. The van der Waals surface area contributed by atoms with Crippen LogP contribution >= 0.6 is 0 Å². The van der Waals surface area contributed by atoms with E-state index in [0.717, 1.165) is 37.5 Å². The molecule has 1 saturated carbocycles. The number of carbonyl (C=O) groups excluding carboxylic acids is 1. The number of likely N-dealkylation sites (tertiary alicyclic amines) is 1. The molecule has 2 N–H and O–H groups in total. The highest BCUT2D eigenvalue weighted by Gasteiger charge is 2.31. The maximum atomic E-state index is 12.4. The van der Waals surface area contributed by atoms with E-state index in [2.05, 4.69) is 15.5 Å². The van der Waals surface area contributed by atoms with E-state index in [9.17, 15) is 14.9 Å². The fourth-order valence-electron chi connectivity index (χ4n) is 3.36. The average molecular weight is 346 g/mol. The highest BCUT2D eigenvalue weighted by Crippen LogP contribution is 2.30. The Hall–Kier alpha value is -2.15. The molecule has 2 amide bonds. The summed E-state index contributed by atoms with van der Waals surface area (Å²) in [5.41, 5.74) is 0.270. The molecule has 1 aliphatic heterocycles. The first kappa shape index (κ1) is 17.7. The largest absolute Gasteiger partial charge is 0.334 e. The van der Waals surface area contributed by atoms with Gasteiger partial charge < -0.3 is 15.5 Å². The van der Waals surface area contributed by atoms with Crippen molar-refractivity contribution in [2.24, 2.45) is 5.92 Å². The fraction of sp³-hybridized carbons (Fsp3) is 0.611. The van der Waals surface area contributed by atoms with Gasteiger partial charge in [-0.2, -0.15) is 0 Å². The van der Waals surface area contributed by atoms with Crippen LogP contribution in [0.4, 0.5) is 10.5 Å². The van der Waals surface area contributed by atoms with E-state index in [0.29, 0.717) is 0 Å². The van der Waals surface area contributed by atoms with E-state index in [-0.39, 0.29) is 17.8 Å². The summed E-state index contributed by atoms with van der Waals surface area (Å²) < 4.78 is 0. The molecule has 7 heteroatoms. The van der Waals surface area contributed by atoms with E-state index in [4.69, 9.17) is 0 Å². The van der Waals surface area contributed by atoms with Gasteiger partial charge in [-0.25, -0.2) is 4.79 Å². The first-order chi connectivity index (χ1) is 11.8. The molecule has 25 heavy (non-hydrogen) atoms. The number of rotatable bonds is 6. The molecule has 1 aromatic rings. The predicted octanol–water partition coefficient (Wildman–Crippen LogP) is 2.61. The van der Waals surface area contributed by atoms with Crippen LogP contribution in [0.5, 0.6) is 0 Å². The summed E-state index contributed by atoms with van der Waals surface area (Å²) in [5.74, 6) is 0.869. The average Bonchev–Trinajstić information content (AvgIpc) is 3.25. The molecule has 0 spiro atoms. The lowest BCUT2D eigenvalue weighted by atomic mass is 9.94. The first-order valence-corrected chi connectivity index (χ1v) is 8.89. The predicted molar refractivity (Wildman–Crippen MR) is 95.4 cm³/mol. The quantitative estimate of drug-likeness (QED) is 0.612. The molecule has 136 valence electrons. The van der Waals surface area contributed by atoms with Crippen molar-refractivity contribution in [3.8, 4) is 0 Å². The lowest BCUT2D eigenvalue weighted by molar-refractivity contribution is -0.384. The zero-order valence-corrected chi connectivity index (χ0v) is 14.8. The molecule has 0 aromatic heterocycles. The monoisotopic (exact) mass is 346 g/mol. The molecule has 3 rings (SSSR count). The van der Waals surface area contributed by atoms with Crippen molar-refractivity contribution < 1.29 is 9.72 Å². The van der Waals surface area contributed by atoms with E-state index >= 15 is 0 Å². The van der Waals surface area contributed by atoms with Gasteiger partial charge in [-0.05, 0) is 56.7 Å². The van der Waals surface area contributed by atoms with Crippen LogP contribution in [0.25, 0.3) is 0 Å². The highest BCUT2D eigenvalue weighted by atomic mass is 16.6. The van der Waals surface area contributed by atoms with Gasteiger partial charge >= 0.3 is 6.03 Å². The van der Waals surface area contributed by atoms with Crippen LogP contribution in [0, 0.1) is 16.0 Å². The molecular formula is C18H26N4O3. The Morgan fingerprint density at radius 1 is 1.28 bits per heavy atom. The van der Waals surface area contributed by atoms with Gasteiger partial charge in [0.2, 0.25) is 0 Å². The zero-order valence-electron chi connectivity index (χ0n) is 14.8. The topological polar surface area (TPSA) is 87.5 Å². The van der Waals surface area contributed by atoms with Crippen molar-refractivity contribution in [3.63, 3.8) is 0 Å². The van der Waals surface area contributed by atoms with Crippen LogP contribution in [0.15, 0.2) is 24.3 Å². The summed E-state index contributed by atoms with van der Waals surface area (Å²) in [6.07, 6.45) is 3.68. The summed E-state index contributed by atoms with van der Waals surface area (Å²) >= 11 is 0. The summed E-state index contributed by atoms with van der Waals surface area (Å²) in [6.45, 7) is 6.91. The Bertz CT molecular complexity index is 640. The van der Waals surface area contributed by atoms with E-state index in [1.807, 2.05) is 13.8 Å². The van der Waals surface area contributed by atoms with Crippen LogP contribution in [0.1, 0.15) is 38.7 Å². The third-order valence-corrected chi connectivity index (χ3v) is 5.05. The number of nitro groups is 1. The molecule has 2 fully saturated rings. The number of hydrogen-bond acceptors (Lipinski definition) is 4. The molecule has 1 saturated heterocycles.